The van der Waals surface area contributed by atoms with Crippen molar-refractivity contribution in [1.29, 1.82) is 0 Å². The highest BCUT2D eigenvalue weighted by Gasteiger charge is 2.32. The lowest BCUT2D eigenvalue weighted by Gasteiger charge is -2.23. The molecule has 1 amide bonds. The van der Waals surface area contributed by atoms with E-state index >= 15 is 0 Å². The fourth-order valence-electron chi connectivity index (χ4n) is 2.83. The van der Waals surface area contributed by atoms with E-state index in [0.29, 0.717) is 0 Å². The van der Waals surface area contributed by atoms with Crippen molar-refractivity contribution in [1.82, 2.24) is 10.1 Å². The number of rotatable bonds is 2. The predicted molar refractivity (Wildman–Crippen MR) is 75.4 cm³/mol. The summed E-state index contributed by atoms with van der Waals surface area (Å²) in [5.74, 6) is 0.876. The number of carbonyl (C=O) groups is 1. The van der Waals surface area contributed by atoms with Crippen LogP contribution in [0.1, 0.15) is 46.3 Å². The molecule has 2 heterocycles. The first kappa shape index (κ1) is 12.9. The Labute approximate surface area is 118 Å². The summed E-state index contributed by atoms with van der Waals surface area (Å²) < 4.78 is 5.15. The van der Waals surface area contributed by atoms with Gasteiger partial charge in [0, 0.05) is 18.2 Å². The number of benzene rings is 1. The molecule has 4 nitrogen and oxygen atoms in total. The van der Waals surface area contributed by atoms with E-state index in [4.69, 9.17) is 4.52 Å². The summed E-state index contributed by atoms with van der Waals surface area (Å²) in [5, 5.41) is 4.08. The Morgan fingerprint density at radius 2 is 2.15 bits per heavy atom. The third-order valence-electron chi connectivity index (χ3n) is 3.88. The molecule has 1 saturated heterocycles. The summed E-state index contributed by atoms with van der Waals surface area (Å²) in [6, 6.07) is 9.69. The van der Waals surface area contributed by atoms with Crippen molar-refractivity contribution in [2.75, 3.05) is 6.54 Å². The van der Waals surface area contributed by atoms with E-state index in [1.54, 1.807) is 0 Å². The molecule has 1 aliphatic rings. The first-order chi connectivity index (χ1) is 9.66. The van der Waals surface area contributed by atoms with Crippen LogP contribution in [-0.2, 0) is 0 Å². The number of nitrogens with zero attached hydrogens (tertiary/aromatic N) is 2. The topological polar surface area (TPSA) is 46.3 Å². The number of aromatic nitrogens is 1. The minimum Gasteiger partial charge on any atom is -0.361 e. The van der Waals surface area contributed by atoms with Gasteiger partial charge in [0.1, 0.15) is 11.5 Å². The summed E-state index contributed by atoms with van der Waals surface area (Å²) in [7, 11) is 0. The summed E-state index contributed by atoms with van der Waals surface area (Å²) in [6.07, 6.45) is 1.96. The van der Waals surface area contributed by atoms with Crippen molar-refractivity contribution in [2.45, 2.75) is 32.7 Å². The molecule has 3 rings (SSSR count). The first-order valence-electron chi connectivity index (χ1n) is 6.96. The Bertz CT molecular complexity index is 633. The molecular formula is C16H18N2O2. The van der Waals surface area contributed by atoms with Crippen molar-refractivity contribution in [3.63, 3.8) is 0 Å². The average Bonchev–Trinajstić information content (AvgIpc) is 3.06. The monoisotopic (exact) mass is 270 g/mol. The zero-order valence-corrected chi connectivity index (χ0v) is 11.8. The van der Waals surface area contributed by atoms with Gasteiger partial charge >= 0.3 is 0 Å². The Morgan fingerprint density at radius 1 is 1.35 bits per heavy atom. The van der Waals surface area contributed by atoms with Crippen molar-refractivity contribution in [3.8, 4) is 0 Å². The Hall–Kier alpha value is -2.10. The van der Waals surface area contributed by atoms with Gasteiger partial charge in [-0.1, -0.05) is 23.4 Å². The van der Waals surface area contributed by atoms with Gasteiger partial charge in [0.05, 0.1) is 6.04 Å². The summed E-state index contributed by atoms with van der Waals surface area (Å²) >= 11 is 0. The number of aryl methyl sites for hydroxylation is 2. The molecule has 2 aromatic rings. The Balaban J connectivity index is 1.89. The highest BCUT2D eigenvalue weighted by molar-refractivity contribution is 5.96. The van der Waals surface area contributed by atoms with E-state index in [0.717, 1.165) is 42.0 Å². The molecule has 104 valence electrons. The maximum absolute atomic E-state index is 12.7. The summed E-state index contributed by atoms with van der Waals surface area (Å²) in [5.41, 5.74) is 2.65. The zero-order chi connectivity index (χ0) is 14.1. The SMILES string of the molecule is Cc1cc([C@H]2CCCN2C(=O)c2ccccc2C)no1. The predicted octanol–water partition coefficient (Wildman–Crippen LogP) is 3.27. The second-order valence-corrected chi connectivity index (χ2v) is 5.33. The fourth-order valence-corrected chi connectivity index (χ4v) is 2.83. The molecule has 0 aliphatic carbocycles. The summed E-state index contributed by atoms with van der Waals surface area (Å²) in [6.45, 7) is 4.63. The lowest BCUT2D eigenvalue weighted by Crippen LogP contribution is -2.31. The molecule has 0 radical (unpaired) electrons. The molecular weight excluding hydrogens is 252 g/mol. The third-order valence-corrected chi connectivity index (χ3v) is 3.88. The largest absolute Gasteiger partial charge is 0.361 e. The maximum Gasteiger partial charge on any atom is 0.254 e. The number of hydrogen-bond donors (Lipinski definition) is 0. The second-order valence-electron chi connectivity index (χ2n) is 5.33. The lowest BCUT2D eigenvalue weighted by atomic mass is 10.1. The molecule has 1 aromatic heterocycles. The fraction of sp³-hybridized carbons (Fsp3) is 0.375. The van der Waals surface area contributed by atoms with Crippen LogP contribution in [0, 0.1) is 13.8 Å². The van der Waals surface area contributed by atoms with E-state index in [1.807, 2.05) is 49.1 Å². The molecule has 0 bridgehead atoms. The van der Waals surface area contributed by atoms with Crippen LogP contribution in [0.5, 0.6) is 0 Å². The van der Waals surface area contributed by atoms with Crippen LogP contribution in [0.15, 0.2) is 34.9 Å². The van der Waals surface area contributed by atoms with E-state index in [2.05, 4.69) is 5.16 Å². The van der Waals surface area contributed by atoms with Gasteiger partial charge in [-0.25, -0.2) is 0 Å². The second kappa shape index (κ2) is 5.12. The Kier molecular flexibility index (Phi) is 3.30. The minimum absolute atomic E-state index is 0.0413. The molecule has 0 spiro atoms. The van der Waals surface area contributed by atoms with Crippen LogP contribution < -0.4 is 0 Å². The van der Waals surface area contributed by atoms with E-state index in [9.17, 15) is 4.79 Å². The quantitative estimate of drug-likeness (QED) is 0.841. The molecule has 1 atom stereocenters. The number of carbonyl (C=O) groups excluding carboxylic acids is 1. The smallest absolute Gasteiger partial charge is 0.254 e. The molecule has 1 fully saturated rings. The van der Waals surface area contributed by atoms with Gasteiger partial charge < -0.3 is 9.42 Å². The Morgan fingerprint density at radius 3 is 2.85 bits per heavy atom. The number of hydrogen-bond acceptors (Lipinski definition) is 3. The van der Waals surface area contributed by atoms with E-state index in [1.165, 1.54) is 0 Å². The molecule has 1 aliphatic heterocycles. The van der Waals surface area contributed by atoms with Gasteiger partial charge in [-0.2, -0.15) is 0 Å². The van der Waals surface area contributed by atoms with Crippen LogP contribution in [0.2, 0.25) is 0 Å². The molecule has 4 heteroatoms. The van der Waals surface area contributed by atoms with Gasteiger partial charge in [0.15, 0.2) is 0 Å². The highest BCUT2D eigenvalue weighted by Crippen LogP contribution is 2.33. The van der Waals surface area contributed by atoms with Gasteiger partial charge in [-0.05, 0) is 38.3 Å². The normalized spacial score (nSPS) is 18.5. The van der Waals surface area contributed by atoms with Crippen LogP contribution in [0.4, 0.5) is 0 Å². The van der Waals surface area contributed by atoms with Gasteiger partial charge in [-0.15, -0.1) is 0 Å². The standard InChI is InChI=1S/C16H18N2O2/c1-11-6-3-4-7-13(11)16(19)18-9-5-8-15(18)14-10-12(2)20-17-14/h3-4,6-7,10,15H,5,8-9H2,1-2H3/t15-/m1/s1. The van der Waals surface area contributed by atoms with Crippen LogP contribution in [0.3, 0.4) is 0 Å². The maximum atomic E-state index is 12.7. The molecule has 1 aromatic carbocycles. The van der Waals surface area contributed by atoms with Crippen LogP contribution >= 0.6 is 0 Å². The van der Waals surface area contributed by atoms with Crippen LogP contribution in [0.25, 0.3) is 0 Å². The van der Waals surface area contributed by atoms with Gasteiger partial charge in [0.2, 0.25) is 0 Å². The number of amides is 1. The van der Waals surface area contributed by atoms with Gasteiger partial charge in [-0.3, -0.25) is 4.79 Å². The zero-order valence-electron chi connectivity index (χ0n) is 11.8. The van der Waals surface area contributed by atoms with Crippen molar-refractivity contribution in [2.24, 2.45) is 0 Å². The number of likely N-dealkylation sites (tertiary alicyclic amines) is 1. The highest BCUT2D eigenvalue weighted by atomic mass is 16.5. The van der Waals surface area contributed by atoms with Crippen LogP contribution in [-0.4, -0.2) is 22.5 Å². The van der Waals surface area contributed by atoms with E-state index in [-0.39, 0.29) is 11.9 Å². The molecule has 0 N–H and O–H groups in total. The minimum atomic E-state index is 0.0413. The van der Waals surface area contributed by atoms with E-state index < -0.39 is 0 Å². The molecule has 0 saturated carbocycles. The molecule has 20 heavy (non-hydrogen) atoms. The molecule has 0 unspecified atom stereocenters. The van der Waals surface area contributed by atoms with Crippen molar-refractivity contribution in [3.05, 3.63) is 52.9 Å². The van der Waals surface area contributed by atoms with Crippen molar-refractivity contribution < 1.29 is 9.32 Å². The first-order valence-corrected chi connectivity index (χ1v) is 6.96. The third kappa shape index (κ3) is 2.22. The van der Waals surface area contributed by atoms with Crippen molar-refractivity contribution >= 4 is 5.91 Å². The lowest BCUT2D eigenvalue weighted by molar-refractivity contribution is 0.0730. The summed E-state index contributed by atoms with van der Waals surface area (Å²) in [4.78, 5) is 14.6. The average molecular weight is 270 g/mol. The van der Waals surface area contributed by atoms with Gasteiger partial charge in [0.25, 0.3) is 5.91 Å².